The van der Waals surface area contributed by atoms with Crippen LogP contribution in [0.3, 0.4) is 0 Å². The molecule has 0 radical (unpaired) electrons. The Morgan fingerprint density at radius 2 is 1.52 bits per heavy atom. The Hall–Kier alpha value is -0.690. The normalized spacial score (nSPS) is 13.1. The van der Waals surface area contributed by atoms with E-state index in [1.165, 1.54) is 44.9 Å². The molecule has 0 spiro atoms. The highest BCUT2D eigenvalue weighted by molar-refractivity contribution is 6.33. The van der Waals surface area contributed by atoms with Gasteiger partial charge in [-0.15, -0.1) is 0 Å². The second kappa shape index (κ2) is 11.0. The molecule has 0 saturated heterocycles. The molecule has 0 aliphatic carbocycles. The molecule has 1 aromatic rings. The molecule has 0 amide bonds. The molecule has 0 bridgehead atoms. The van der Waals surface area contributed by atoms with Gasteiger partial charge in [0, 0.05) is 5.54 Å². The fourth-order valence-electron chi connectivity index (χ4n) is 3.73. The standard InChI is InChI=1S/C21H36ClN/c1-5-9-11-15-18(14-10-6-2)21(7-3,8-4)23-20-17-13-12-16-19(20)22/h12-13,16-18,23H,5-11,14-15H2,1-4H3. The van der Waals surface area contributed by atoms with Gasteiger partial charge in [0.1, 0.15) is 0 Å². The van der Waals surface area contributed by atoms with E-state index in [0.717, 1.165) is 29.5 Å². The Kier molecular flexibility index (Phi) is 9.71. The third-order valence-corrected chi connectivity index (χ3v) is 5.69. The molecule has 132 valence electrons. The van der Waals surface area contributed by atoms with E-state index in [0.29, 0.717) is 0 Å². The van der Waals surface area contributed by atoms with Crippen molar-refractivity contribution < 1.29 is 0 Å². The zero-order chi connectivity index (χ0) is 17.1. The van der Waals surface area contributed by atoms with Crippen LogP contribution in [0.4, 0.5) is 5.69 Å². The molecular formula is C21H36ClN. The minimum atomic E-state index is 0.161. The quantitative estimate of drug-likeness (QED) is 0.385. The highest BCUT2D eigenvalue weighted by atomic mass is 35.5. The van der Waals surface area contributed by atoms with Gasteiger partial charge in [-0.05, 0) is 43.7 Å². The van der Waals surface area contributed by atoms with E-state index in [1.54, 1.807) is 0 Å². The average molecular weight is 338 g/mol. The maximum Gasteiger partial charge on any atom is 0.0637 e. The van der Waals surface area contributed by atoms with E-state index in [1.807, 2.05) is 12.1 Å². The second-order valence-electron chi connectivity index (χ2n) is 6.80. The summed E-state index contributed by atoms with van der Waals surface area (Å²) in [5, 5.41) is 4.70. The lowest BCUT2D eigenvalue weighted by atomic mass is 9.74. The number of rotatable bonds is 12. The first-order chi connectivity index (χ1) is 11.1. The summed E-state index contributed by atoms with van der Waals surface area (Å²) in [6, 6.07) is 8.18. The van der Waals surface area contributed by atoms with Crippen molar-refractivity contribution in [1.82, 2.24) is 0 Å². The third kappa shape index (κ3) is 6.03. The van der Waals surface area contributed by atoms with Crippen molar-refractivity contribution in [2.45, 2.75) is 91.0 Å². The molecule has 1 nitrogen and oxygen atoms in total. The summed E-state index contributed by atoms with van der Waals surface area (Å²) in [7, 11) is 0. The van der Waals surface area contributed by atoms with Crippen molar-refractivity contribution in [2.75, 3.05) is 5.32 Å². The lowest BCUT2D eigenvalue weighted by Gasteiger charge is -2.42. The van der Waals surface area contributed by atoms with Crippen LogP contribution in [0.5, 0.6) is 0 Å². The van der Waals surface area contributed by atoms with Gasteiger partial charge < -0.3 is 5.32 Å². The number of benzene rings is 1. The summed E-state index contributed by atoms with van der Waals surface area (Å²) >= 11 is 6.42. The molecule has 1 atom stereocenters. The topological polar surface area (TPSA) is 12.0 Å². The van der Waals surface area contributed by atoms with Crippen molar-refractivity contribution in [1.29, 1.82) is 0 Å². The zero-order valence-corrected chi connectivity index (χ0v) is 16.4. The van der Waals surface area contributed by atoms with Gasteiger partial charge in [-0.3, -0.25) is 0 Å². The maximum absolute atomic E-state index is 6.42. The Morgan fingerprint density at radius 1 is 0.913 bits per heavy atom. The van der Waals surface area contributed by atoms with Gasteiger partial charge in [-0.25, -0.2) is 0 Å². The average Bonchev–Trinajstić information content (AvgIpc) is 2.58. The Balaban J connectivity index is 2.97. The maximum atomic E-state index is 6.42. The molecule has 23 heavy (non-hydrogen) atoms. The van der Waals surface area contributed by atoms with Crippen molar-refractivity contribution in [3.05, 3.63) is 29.3 Å². The monoisotopic (exact) mass is 337 g/mol. The molecule has 0 heterocycles. The van der Waals surface area contributed by atoms with Crippen molar-refractivity contribution in [3.63, 3.8) is 0 Å². The van der Waals surface area contributed by atoms with Gasteiger partial charge in [0.15, 0.2) is 0 Å². The first kappa shape index (κ1) is 20.4. The molecule has 0 aromatic heterocycles. The van der Waals surface area contributed by atoms with E-state index in [9.17, 15) is 0 Å². The first-order valence-electron chi connectivity index (χ1n) is 9.66. The number of hydrogen-bond acceptors (Lipinski definition) is 1. The first-order valence-corrected chi connectivity index (χ1v) is 10.0. The molecule has 1 unspecified atom stereocenters. The molecule has 0 fully saturated rings. The number of hydrogen-bond donors (Lipinski definition) is 1. The van der Waals surface area contributed by atoms with Crippen molar-refractivity contribution in [2.24, 2.45) is 5.92 Å². The van der Waals surface area contributed by atoms with Gasteiger partial charge >= 0.3 is 0 Å². The summed E-state index contributed by atoms with van der Waals surface area (Å²) in [6.07, 6.45) is 11.5. The van der Waals surface area contributed by atoms with E-state index in [2.05, 4.69) is 45.1 Å². The number of nitrogens with one attached hydrogen (secondary N) is 1. The fraction of sp³-hybridized carbons (Fsp3) is 0.714. The molecule has 1 rings (SSSR count). The van der Waals surface area contributed by atoms with Crippen LogP contribution >= 0.6 is 11.6 Å². The zero-order valence-electron chi connectivity index (χ0n) is 15.6. The van der Waals surface area contributed by atoms with Gasteiger partial charge in [0.05, 0.1) is 10.7 Å². The minimum Gasteiger partial charge on any atom is -0.378 e. The van der Waals surface area contributed by atoms with Gasteiger partial charge in [-0.1, -0.05) is 83.5 Å². The number of anilines is 1. The summed E-state index contributed by atoms with van der Waals surface area (Å²) in [5.41, 5.74) is 1.25. The molecule has 0 aliphatic heterocycles. The van der Waals surface area contributed by atoms with Crippen LogP contribution < -0.4 is 5.32 Å². The molecule has 1 N–H and O–H groups in total. The number of halogens is 1. The van der Waals surface area contributed by atoms with Crippen molar-refractivity contribution >= 4 is 17.3 Å². The van der Waals surface area contributed by atoms with Gasteiger partial charge in [-0.2, -0.15) is 0 Å². The summed E-state index contributed by atoms with van der Waals surface area (Å²) < 4.78 is 0. The third-order valence-electron chi connectivity index (χ3n) is 5.36. The van der Waals surface area contributed by atoms with Crippen LogP contribution in [-0.2, 0) is 0 Å². The second-order valence-corrected chi connectivity index (χ2v) is 7.21. The molecule has 0 aliphatic rings. The van der Waals surface area contributed by atoms with Gasteiger partial charge in [0.25, 0.3) is 0 Å². The predicted octanol–water partition coefficient (Wildman–Crippen LogP) is 7.70. The van der Waals surface area contributed by atoms with E-state index in [4.69, 9.17) is 11.6 Å². The summed E-state index contributed by atoms with van der Waals surface area (Å²) in [4.78, 5) is 0. The lowest BCUT2D eigenvalue weighted by Crippen LogP contribution is -2.45. The van der Waals surface area contributed by atoms with Crippen LogP contribution in [-0.4, -0.2) is 5.54 Å². The van der Waals surface area contributed by atoms with Crippen LogP contribution in [0.1, 0.15) is 85.5 Å². The van der Waals surface area contributed by atoms with Crippen LogP contribution in [0.2, 0.25) is 5.02 Å². The summed E-state index contributed by atoms with van der Waals surface area (Å²) in [6.45, 7) is 9.23. The smallest absolute Gasteiger partial charge is 0.0637 e. The predicted molar refractivity (Wildman–Crippen MR) is 106 cm³/mol. The molecule has 1 aromatic carbocycles. The van der Waals surface area contributed by atoms with E-state index >= 15 is 0 Å². The SMILES string of the molecule is CCCCCC(CCCC)C(CC)(CC)Nc1ccccc1Cl. The van der Waals surface area contributed by atoms with Crippen molar-refractivity contribution in [3.8, 4) is 0 Å². The lowest BCUT2D eigenvalue weighted by molar-refractivity contribution is 0.237. The fourth-order valence-corrected chi connectivity index (χ4v) is 3.91. The number of unbranched alkanes of at least 4 members (excludes halogenated alkanes) is 3. The van der Waals surface area contributed by atoms with Crippen LogP contribution in [0.15, 0.2) is 24.3 Å². The molecular weight excluding hydrogens is 302 g/mol. The summed E-state index contributed by atoms with van der Waals surface area (Å²) in [5.74, 6) is 0.722. The van der Waals surface area contributed by atoms with Gasteiger partial charge in [0.2, 0.25) is 0 Å². The van der Waals surface area contributed by atoms with E-state index < -0.39 is 0 Å². The largest absolute Gasteiger partial charge is 0.378 e. The Morgan fingerprint density at radius 3 is 2.09 bits per heavy atom. The molecule has 0 saturated carbocycles. The minimum absolute atomic E-state index is 0.161. The highest BCUT2D eigenvalue weighted by Crippen LogP contribution is 2.38. The van der Waals surface area contributed by atoms with E-state index in [-0.39, 0.29) is 5.54 Å². The Labute approximate surface area is 149 Å². The van der Waals surface area contributed by atoms with Crippen LogP contribution in [0, 0.1) is 5.92 Å². The number of para-hydroxylation sites is 1. The molecule has 2 heteroatoms. The Bertz CT molecular complexity index is 426. The highest BCUT2D eigenvalue weighted by Gasteiger charge is 2.35. The van der Waals surface area contributed by atoms with Crippen LogP contribution in [0.25, 0.3) is 0 Å².